The van der Waals surface area contributed by atoms with Gasteiger partial charge in [0.05, 0.1) is 27.4 Å². The monoisotopic (exact) mass is 344 g/mol. The molecule has 0 atom stereocenters. The maximum Gasteiger partial charge on any atom is 0.184 e. The van der Waals surface area contributed by atoms with Crippen LogP contribution < -0.4 is 9.47 Å². The molecule has 1 heterocycles. The third kappa shape index (κ3) is 5.05. The van der Waals surface area contributed by atoms with Crippen molar-refractivity contribution in [3.8, 4) is 11.5 Å². The summed E-state index contributed by atoms with van der Waals surface area (Å²) in [6.45, 7) is 5.27. The van der Waals surface area contributed by atoms with E-state index < -0.39 is 0 Å². The molecule has 1 fully saturated rings. The molecule has 0 aromatic heterocycles. The number of aryl methyl sites for hydroxylation is 2. The second kappa shape index (κ2) is 9.20. The van der Waals surface area contributed by atoms with E-state index in [1.165, 1.54) is 0 Å². The van der Waals surface area contributed by atoms with Gasteiger partial charge in [0.15, 0.2) is 6.29 Å². The topological polar surface area (TPSA) is 54.0 Å². The van der Waals surface area contributed by atoms with Gasteiger partial charge in [-0.05, 0) is 55.3 Å². The highest BCUT2D eigenvalue weighted by Crippen LogP contribution is 2.27. The summed E-state index contributed by atoms with van der Waals surface area (Å²) in [5.74, 6) is 1.71. The lowest BCUT2D eigenvalue weighted by Crippen LogP contribution is -1.99. The third-order valence-corrected chi connectivity index (χ3v) is 3.87. The molecular weight excluding hydrogens is 320 g/mol. The van der Waals surface area contributed by atoms with Gasteiger partial charge in [-0.1, -0.05) is 6.07 Å². The molecule has 25 heavy (non-hydrogen) atoms. The lowest BCUT2D eigenvalue weighted by molar-refractivity contribution is -0.0441. The van der Waals surface area contributed by atoms with E-state index in [4.69, 9.17) is 18.9 Å². The zero-order valence-corrected chi connectivity index (χ0v) is 15.1. The Balaban J connectivity index is 0.000000186. The largest absolute Gasteiger partial charge is 0.496 e. The summed E-state index contributed by atoms with van der Waals surface area (Å²) in [5.41, 5.74) is 3.82. The average Bonchev–Trinajstić information content (AvgIpc) is 3.16. The minimum Gasteiger partial charge on any atom is -0.496 e. The number of benzene rings is 2. The summed E-state index contributed by atoms with van der Waals surface area (Å²) >= 11 is 0. The lowest BCUT2D eigenvalue weighted by atomic mass is 10.1. The van der Waals surface area contributed by atoms with E-state index in [2.05, 4.69) is 0 Å². The highest BCUT2D eigenvalue weighted by atomic mass is 16.7. The summed E-state index contributed by atoms with van der Waals surface area (Å²) < 4.78 is 21.0. The van der Waals surface area contributed by atoms with Crippen LogP contribution in [0.4, 0.5) is 0 Å². The van der Waals surface area contributed by atoms with E-state index in [0.29, 0.717) is 18.8 Å². The van der Waals surface area contributed by atoms with Crippen molar-refractivity contribution in [2.24, 2.45) is 0 Å². The molecular formula is C20H24O5. The minimum atomic E-state index is -0.195. The highest BCUT2D eigenvalue weighted by molar-refractivity contribution is 5.75. The zero-order valence-electron chi connectivity index (χ0n) is 15.1. The van der Waals surface area contributed by atoms with E-state index in [-0.39, 0.29) is 6.29 Å². The minimum absolute atomic E-state index is 0.195. The van der Waals surface area contributed by atoms with Gasteiger partial charge in [0.25, 0.3) is 0 Å². The number of carbonyl (C=O) groups is 1. The average molecular weight is 344 g/mol. The molecule has 0 unspecified atom stereocenters. The number of hydrogen-bond donors (Lipinski definition) is 0. The van der Waals surface area contributed by atoms with Crippen LogP contribution in [0, 0.1) is 13.8 Å². The van der Waals surface area contributed by atoms with Crippen molar-refractivity contribution in [3.63, 3.8) is 0 Å². The summed E-state index contributed by atoms with van der Waals surface area (Å²) in [7, 11) is 3.29. The molecule has 0 bridgehead atoms. The molecule has 2 aromatic rings. The summed E-state index contributed by atoms with van der Waals surface area (Å²) in [4.78, 5) is 10.3. The number of rotatable bonds is 4. The van der Waals surface area contributed by atoms with Gasteiger partial charge in [0.1, 0.15) is 17.8 Å². The van der Waals surface area contributed by atoms with Crippen molar-refractivity contribution in [2.75, 3.05) is 27.4 Å². The molecule has 3 rings (SSSR count). The Labute approximate surface area is 148 Å². The molecule has 0 aliphatic carbocycles. The molecule has 0 radical (unpaired) electrons. The standard InChI is InChI=1S/C11H14O3.C9H10O2/c1-8-7-9(3-4-10(8)12-2)11-13-5-6-14-11;1-7-5-8(6-10)3-4-9(7)11-2/h3-4,7,11H,5-6H2,1-2H3;3-6H,1-2H3. The number of aldehydes is 1. The Hall–Kier alpha value is -2.37. The van der Waals surface area contributed by atoms with Crippen LogP contribution in [0.1, 0.15) is 33.3 Å². The van der Waals surface area contributed by atoms with Crippen molar-refractivity contribution in [2.45, 2.75) is 20.1 Å². The Kier molecular flexibility index (Phi) is 6.98. The molecule has 0 spiro atoms. The molecule has 5 heteroatoms. The fourth-order valence-electron chi connectivity index (χ4n) is 2.57. The van der Waals surface area contributed by atoms with Crippen molar-refractivity contribution >= 4 is 6.29 Å². The molecule has 0 amide bonds. The predicted molar refractivity (Wildman–Crippen MR) is 95.5 cm³/mol. The number of ether oxygens (including phenoxy) is 4. The van der Waals surface area contributed by atoms with Crippen molar-refractivity contribution in [1.29, 1.82) is 0 Å². The van der Waals surface area contributed by atoms with E-state index in [9.17, 15) is 4.79 Å². The summed E-state index contributed by atoms with van der Waals surface area (Å²) in [6, 6.07) is 11.3. The SMILES string of the molecule is COc1ccc(C2OCCO2)cc1C.COc1ccc(C=O)cc1C. The molecule has 0 N–H and O–H groups in total. The van der Waals surface area contributed by atoms with Crippen molar-refractivity contribution < 1.29 is 23.7 Å². The van der Waals surface area contributed by atoms with Crippen molar-refractivity contribution in [1.82, 2.24) is 0 Å². The molecule has 1 aliphatic rings. The van der Waals surface area contributed by atoms with Gasteiger partial charge in [-0.15, -0.1) is 0 Å². The Morgan fingerprint density at radius 2 is 1.48 bits per heavy atom. The quantitative estimate of drug-likeness (QED) is 0.788. The Morgan fingerprint density at radius 3 is 1.96 bits per heavy atom. The van der Waals surface area contributed by atoms with Gasteiger partial charge < -0.3 is 18.9 Å². The highest BCUT2D eigenvalue weighted by Gasteiger charge is 2.18. The fraction of sp³-hybridized carbons (Fsp3) is 0.350. The number of carbonyl (C=O) groups excluding carboxylic acids is 1. The van der Waals surface area contributed by atoms with Gasteiger partial charge in [-0.3, -0.25) is 4.79 Å². The maximum atomic E-state index is 10.3. The molecule has 1 saturated heterocycles. The van der Waals surface area contributed by atoms with Gasteiger partial charge >= 0.3 is 0 Å². The second-order valence-corrected chi connectivity index (χ2v) is 5.65. The normalized spacial score (nSPS) is 13.8. The zero-order chi connectivity index (χ0) is 18.2. The Morgan fingerprint density at radius 1 is 0.920 bits per heavy atom. The van der Waals surface area contributed by atoms with Crippen LogP contribution in [0.5, 0.6) is 11.5 Å². The smallest absolute Gasteiger partial charge is 0.184 e. The lowest BCUT2D eigenvalue weighted by Gasteiger charge is -2.11. The molecule has 1 aliphatic heterocycles. The molecule has 5 nitrogen and oxygen atoms in total. The molecule has 2 aromatic carbocycles. The molecule has 134 valence electrons. The van der Waals surface area contributed by atoms with Crippen LogP contribution in [0.25, 0.3) is 0 Å². The van der Waals surface area contributed by atoms with Gasteiger partial charge in [-0.25, -0.2) is 0 Å². The van der Waals surface area contributed by atoms with E-state index in [0.717, 1.165) is 34.5 Å². The first-order valence-electron chi connectivity index (χ1n) is 8.06. The van der Waals surface area contributed by atoms with E-state index in [1.54, 1.807) is 32.4 Å². The third-order valence-electron chi connectivity index (χ3n) is 3.87. The first kappa shape index (κ1) is 19.0. The summed E-state index contributed by atoms with van der Waals surface area (Å²) in [5, 5.41) is 0. The number of hydrogen-bond acceptors (Lipinski definition) is 5. The van der Waals surface area contributed by atoms with Gasteiger partial charge in [0.2, 0.25) is 0 Å². The van der Waals surface area contributed by atoms with Crippen LogP contribution in [0.2, 0.25) is 0 Å². The number of methoxy groups -OCH3 is 2. The van der Waals surface area contributed by atoms with Gasteiger partial charge in [-0.2, -0.15) is 0 Å². The summed E-state index contributed by atoms with van der Waals surface area (Å²) in [6.07, 6.45) is 0.631. The van der Waals surface area contributed by atoms with Gasteiger partial charge in [0, 0.05) is 11.1 Å². The van der Waals surface area contributed by atoms with E-state index in [1.807, 2.05) is 32.0 Å². The van der Waals surface area contributed by atoms with E-state index >= 15 is 0 Å². The van der Waals surface area contributed by atoms with Crippen LogP contribution in [0.3, 0.4) is 0 Å². The Bertz CT molecular complexity index is 705. The van der Waals surface area contributed by atoms with Crippen molar-refractivity contribution in [3.05, 3.63) is 58.7 Å². The first-order valence-corrected chi connectivity index (χ1v) is 8.06. The van der Waals surface area contributed by atoms with Crippen LogP contribution >= 0.6 is 0 Å². The van der Waals surface area contributed by atoms with Crippen LogP contribution in [-0.4, -0.2) is 33.7 Å². The maximum absolute atomic E-state index is 10.3. The fourth-order valence-corrected chi connectivity index (χ4v) is 2.57. The van der Waals surface area contributed by atoms with Crippen LogP contribution in [0.15, 0.2) is 36.4 Å². The second-order valence-electron chi connectivity index (χ2n) is 5.65. The molecule has 0 saturated carbocycles. The first-order chi connectivity index (χ1) is 12.1. The predicted octanol–water partition coefficient (Wildman–Crippen LogP) is 3.87. The van der Waals surface area contributed by atoms with Crippen LogP contribution in [-0.2, 0) is 9.47 Å².